The minimum atomic E-state index is -0.581. The second-order valence-corrected chi connectivity index (χ2v) is 9.62. The third-order valence-corrected chi connectivity index (χ3v) is 7.41. The SMILES string of the molecule is C[C@@H]1C=CC[C@@H]2C(=O)N(c3cccc(OC(=O)[C@@H]4CC(=O)N([C@H](C)c5ccccc5)C4)c3)C(=O)[C@H]12. The highest BCUT2D eigenvalue weighted by Crippen LogP contribution is 2.41. The number of anilines is 1. The summed E-state index contributed by atoms with van der Waals surface area (Å²) < 4.78 is 5.61. The van der Waals surface area contributed by atoms with Crippen molar-refractivity contribution in [2.75, 3.05) is 11.4 Å². The zero-order valence-corrected chi connectivity index (χ0v) is 19.8. The van der Waals surface area contributed by atoms with Gasteiger partial charge >= 0.3 is 5.97 Å². The van der Waals surface area contributed by atoms with Gasteiger partial charge in [-0.1, -0.05) is 55.5 Å². The van der Waals surface area contributed by atoms with E-state index in [2.05, 4.69) is 0 Å². The number of ether oxygens (including phenoxy) is 1. The summed E-state index contributed by atoms with van der Waals surface area (Å²) >= 11 is 0. The molecule has 5 rings (SSSR count). The summed E-state index contributed by atoms with van der Waals surface area (Å²) in [6.45, 7) is 4.18. The Morgan fingerprint density at radius 2 is 1.80 bits per heavy atom. The van der Waals surface area contributed by atoms with Crippen LogP contribution in [-0.4, -0.2) is 35.1 Å². The summed E-state index contributed by atoms with van der Waals surface area (Å²) in [5, 5.41) is 0. The number of hydrogen-bond acceptors (Lipinski definition) is 5. The van der Waals surface area contributed by atoms with Crippen molar-refractivity contribution >= 4 is 29.4 Å². The Balaban J connectivity index is 1.28. The van der Waals surface area contributed by atoms with Crippen LogP contribution in [0.25, 0.3) is 0 Å². The van der Waals surface area contributed by atoms with Gasteiger partial charge in [0, 0.05) is 19.0 Å². The molecule has 2 aromatic rings. The number of hydrogen-bond donors (Lipinski definition) is 0. The second-order valence-electron chi connectivity index (χ2n) is 9.62. The Bertz CT molecular complexity index is 1210. The minimum Gasteiger partial charge on any atom is -0.426 e. The number of imide groups is 1. The van der Waals surface area contributed by atoms with E-state index in [1.54, 1.807) is 29.2 Å². The summed E-state index contributed by atoms with van der Waals surface area (Å²) in [7, 11) is 0. The van der Waals surface area contributed by atoms with E-state index in [0.29, 0.717) is 12.1 Å². The van der Waals surface area contributed by atoms with E-state index in [-0.39, 0.29) is 60.2 Å². The molecule has 7 heteroatoms. The average Bonchev–Trinajstić information content (AvgIpc) is 3.37. The summed E-state index contributed by atoms with van der Waals surface area (Å²) in [6, 6.07) is 16.0. The van der Waals surface area contributed by atoms with Crippen molar-refractivity contribution in [2.24, 2.45) is 23.7 Å². The molecule has 0 N–H and O–H groups in total. The standard InChI is InChI=1S/C28H28N2O5/c1-17-8-6-13-23-25(17)27(33)30(26(23)32)21-11-7-12-22(15-21)35-28(34)20-14-24(31)29(16-20)18(2)19-9-4-3-5-10-19/h3-12,15,17-18,20,23,25H,13-14,16H2,1-2H3/t17-,18-,20-,23+,25-/m1/s1. The van der Waals surface area contributed by atoms with Gasteiger partial charge in [0.2, 0.25) is 17.7 Å². The molecule has 0 spiro atoms. The summed E-state index contributed by atoms with van der Waals surface area (Å²) in [5.41, 5.74) is 1.40. The lowest BCUT2D eigenvalue weighted by molar-refractivity contribution is -0.139. The van der Waals surface area contributed by atoms with Crippen LogP contribution in [0.4, 0.5) is 5.69 Å². The number of likely N-dealkylation sites (tertiary alicyclic amines) is 1. The predicted molar refractivity (Wildman–Crippen MR) is 129 cm³/mol. The first kappa shape index (κ1) is 23.0. The highest BCUT2D eigenvalue weighted by molar-refractivity contribution is 6.22. The number of carbonyl (C=O) groups excluding carboxylic acids is 4. The summed E-state index contributed by atoms with van der Waals surface area (Å²) in [6.07, 6.45) is 4.59. The molecule has 0 saturated carbocycles. The van der Waals surface area contributed by atoms with Gasteiger partial charge in [0.25, 0.3) is 0 Å². The van der Waals surface area contributed by atoms with Gasteiger partial charge in [0.05, 0.1) is 29.5 Å². The number of nitrogens with zero attached hydrogens (tertiary/aromatic N) is 2. The molecule has 2 aromatic carbocycles. The van der Waals surface area contributed by atoms with Crippen molar-refractivity contribution in [1.29, 1.82) is 0 Å². The zero-order valence-electron chi connectivity index (χ0n) is 19.8. The molecule has 180 valence electrons. The van der Waals surface area contributed by atoms with Crippen molar-refractivity contribution in [2.45, 2.75) is 32.7 Å². The lowest BCUT2D eigenvalue weighted by atomic mass is 9.78. The molecule has 3 aliphatic rings. The maximum atomic E-state index is 13.1. The van der Waals surface area contributed by atoms with E-state index >= 15 is 0 Å². The Labute approximate surface area is 204 Å². The molecular weight excluding hydrogens is 444 g/mol. The van der Waals surface area contributed by atoms with Crippen LogP contribution in [0.1, 0.15) is 38.3 Å². The number of esters is 1. The molecule has 1 aliphatic carbocycles. The van der Waals surface area contributed by atoms with E-state index < -0.39 is 11.9 Å². The number of carbonyl (C=O) groups is 4. The van der Waals surface area contributed by atoms with Gasteiger partial charge < -0.3 is 9.64 Å². The molecule has 3 amide bonds. The van der Waals surface area contributed by atoms with Crippen LogP contribution in [0, 0.1) is 23.7 Å². The van der Waals surface area contributed by atoms with Gasteiger partial charge in [-0.25, -0.2) is 4.90 Å². The van der Waals surface area contributed by atoms with Crippen LogP contribution in [0.3, 0.4) is 0 Å². The Hall–Kier alpha value is -3.74. The largest absolute Gasteiger partial charge is 0.426 e. The van der Waals surface area contributed by atoms with Crippen LogP contribution in [0.2, 0.25) is 0 Å². The molecule has 35 heavy (non-hydrogen) atoms. The van der Waals surface area contributed by atoms with Crippen LogP contribution < -0.4 is 9.64 Å². The Morgan fingerprint density at radius 3 is 2.54 bits per heavy atom. The van der Waals surface area contributed by atoms with Crippen LogP contribution in [0.5, 0.6) is 5.75 Å². The molecule has 0 aromatic heterocycles. The topological polar surface area (TPSA) is 84.0 Å². The van der Waals surface area contributed by atoms with Gasteiger partial charge in [0.1, 0.15) is 5.75 Å². The fourth-order valence-corrected chi connectivity index (χ4v) is 5.46. The number of allylic oxidation sites excluding steroid dienone is 2. The number of rotatable bonds is 5. The number of fused-ring (bicyclic) bond motifs is 1. The molecule has 7 nitrogen and oxygen atoms in total. The fourth-order valence-electron chi connectivity index (χ4n) is 5.46. The van der Waals surface area contributed by atoms with Crippen LogP contribution in [-0.2, 0) is 19.2 Å². The van der Waals surface area contributed by atoms with Gasteiger partial charge in [0.15, 0.2) is 0 Å². The van der Waals surface area contributed by atoms with Gasteiger partial charge in [-0.3, -0.25) is 19.2 Å². The molecule has 2 aliphatic heterocycles. The maximum absolute atomic E-state index is 13.1. The lowest BCUT2D eigenvalue weighted by Crippen LogP contribution is -2.31. The third-order valence-electron chi connectivity index (χ3n) is 7.41. The molecule has 2 fully saturated rings. The Morgan fingerprint density at radius 1 is 1.03 bits per heavy atom. The summed E-state index contributed by atoms with van der Waals surface area (Å²) in [5.74, 6) is -2.06. The van der Waals surface area contributed by atoms with Crippen molar-refractivity contribution in [3.05, 3.63) is 72.3 Å². The predicted octanol–water partition coefficient (Wildman–Crippen LogP) is 3.90. The minimum absolute atomic E-state index is 0.00247. The third kappa shape index (κ3) is 4.16. The molecule has 0 unspecified atom stereocenters. The fraction of sp³-hybridized carbons (Fsp3) is 0.357. The van der Waals surface area contributed by atoms with Gasteiger partial charge in [-0.05, 0) is 37.0 Å². The number of benzene rings is 2. The van der Waals surface area contributed by atoms with E-state index in [4.69, 9.17) is 4.74 Å². The maximum Gasteiger partial charge on any atom is 0.316 e. The Kier molecular flexibility index (Phi) is 6.01. The summed E-state index contributed by atoms with van der Waals surface area (Å²) in [4.78, 5) is 54.6. The highest BCUT2D eigenvalue weighted by Gasteiger charge is 2.50. The monoisotopic (exact) mass is 472 g/mol. The molecule has 2 saturated heterocycles. The van der Waals surface area contributed by atoms with E-state index in [1.165, 1.54) is 4.90 Å². The first-order valence-electron chi connectivity index (χ1n) is 12.1. The average molecular weight is 473 g/mol. The van der Waals surface area contributed by atoms with Crippen molar-refractivity contribution in [3.8, 4) is 5.75 Å². The zero-order chi connectivity index (χ0) is 24.7. The molecule has 0 bridgehead atoms. The van der Waals surface area contributed by atoms with Crippen molar-refractivity contribution in [1.82, 2.24) is 4.90 Å². The van der Waals surface area contributed by atoms with Gasteiger partial charge in [-0.2, -0.15) is 0 Å². The van der Waals surface area contributed by atoms with Crippen LogP contribution >= 0.6 is 0 Å². The highest BCUT2D eigenvalue weighted by atomic mass is 16.5. The first-order valence-corrected chi connectivity index (χ1v) is 12.1. The molecular formula is C28H28N2O5. The normalized spacial score (nSPS) is 26.7. The second kappa shape index (κ2) is 9.13. The smallest absolute Gasteiger partial charge is 0.316 e. The lowest BCUT2D eigenvalue weighted by Gasteiger charge is -2.25. The van der Waals surface area contributed by atoms with Crippen molar-refractivity contribution in [3.63, 3.8) is 0 Å². The van der Waals surface area contributed by atoms with E-state index in [9.17, 15) is 19.2 Å². The molecule has 2 heterocycles. The van der Waals surface area contributed by atoms with E-state index in [0.717, 1.165) is 5.56 Å². The van der Waals surface area contributed by atoms with Crippen LogP contribution in [0.15, 0.2) is 66.7 Å². The first-order chi connectivity index (χ1) is 16.8. The van der Waals surface area contributed by atoms with E-state index in [1.807, 2.05) is 56.3 Å². The quantitative estimate of drug-likeness (QED) is 0.285. The molecule has 0 radical (unpaired) electrons. The van der Waals surface area contributed by atoms with Gasteiger partial charge in [-0.15, -0.1) is 0 Å². The van der Waals surface area contributed by atoms with Crippen molar-refractivity contribution < 1.29 is 23.9 Å². The number of amides is 3. The molecule has 5 atom stereocenters.